The Hall–Kier alpha value is -1.76. The van der Waals surface area contributed by atoms with Crippen molar-refractivity contribution in [3.05, 3.63) is 45.1 Å². The zero-order valence-electron chi connectivity index (χ0n) is 14.3. The van der Waals surface area contributed by atoms with E-state index in [9.17, 15) is 9.59 Å². The minimum Gasteiger partial charge on any atom is -0.460 e. The van der Waals surface area contributed by atoms with Crippen LogP contribution in [0.5, 0.6) is 0 Å². The molecule has 1 heterocycles. The molecule has 0 radical (unpaired) electrons. The van der Waals surface area contributed by atoms with E-state index in [0.717, 1.165) is 0 Å². The number of hydrogen-bond donors (Lipinski definition) is 1. The largest absolute Gasteiger partial charge is 0.460 e. The molecule has 1 aliphatic heterocycles. The Labute approximate surface area is 156 Å². The van der Waals surface area contributed by atoms with E-state index in [4.69, 9.17) is 32.7 Å². The van der Waals surface area contributed by atoms with Crippen LogP contribution in [0.15, 0.2) is 29.5 Å². The van der Waals surface area contributed by atoms with Crippen LogP contribution in [0.1, 0.15) is 25.5 Å². The lowest BCUT2D eigenvalue weighted by molar-refractivity contribution is -0.140. The van der Waals surface area contributed by atoms with Crippen LogP contribution < -0.4 is 5.32 Å². The molecule has 0 saturated heterocycles. The first-order valence-corrected chi connectivity index (χ1v) is 8.56. The molecule has 136 valence electrons. The second-order valence-electron chi connectivity index (χ2n) is 5.39. The minimum absolute atomic E-state index is 0.106. The number of rotatable bonds is 6. The van der Waals surface area contributed by atoms with Gasteiger partial charge >= 0.3 is 12.0 Å². The molecule has 0 fully saturated rings. The van der Waals surface area contributed by atoms with Gasteiger partial charge in [0, 0.05) is 35.0 Å². The third-order valence-electron chi connectivity index (χ3n) is 3.94. The summed E-state index contributed by atoms with van der Waals surface area (Å²) in [6.45, 7) is 4.32. The van der Waals surface area contributed by atoms with Crippen molar-refractivity contribution in [1.29, 1.82) is 0 Å². The van der Waals surface area contributed by atoms with E-state index < -0.39 is 12.0 Å². The number of esters is 1. The number of urea groups is 1. The van der Waals surface area contributed by atoms with Crippen LogP contribution >= 0.6 is 23.2 Å². The highest BCUT2D eigenvalue weighted by Gasteiger charge is 2.37. The van der Waals surface area contributed by atoms with E-state index in [-0.39, 0.29) is 19.2 Å². The first-order chi connectivity index (χ1) is 11.9. The van der Waals surface area contributed by atoms with Gasteiger partial charge in [-0.1, -0.05) is 29.3 Å². The van der Waals surface area contributed by atoms with Gasteiger partial charge in [-0.25, -0.2) is 9.59 Å². The number of nitrogens with zero attached hydrogens (tertiary/aromatic N) is 1. The molecule has 1 aromatic rings. The van der Waals surface area contributed by atoms with E-state index in [1.807, 2.05) is 6.92 Å². The minimum atomic E-state index is -0.786. The highest BCUT2D eigenvalue weighted by atomic mass is 35.5. The molecular formula is C17H20Cl2N2O4. The van der Waals surface area contributed by atoms with E-state index in [0.29, 0.717) is 33.4 Å². The smallest absolute Gasteiger partial charge is 0.338 e. The third-order valence-corrected chi connectivity index (χ3v) is 4.60. The standard InChI is InChI=1S/C17H20Cl2N2O4/c1-4-21-10(2)13(16(22)25-9-8-24-3)15(20-17(21)23)14-11(18)6-5-7-12(14)19/h5-7,15H,4,8-9H2,1-3H3,(H,20,23)/t15-/m1/s1. The Morgan fingerprint density at radius 3 is 2.48 bits per heavy atom. The highest BCUT2D eigenvalue weighted by molar-refractivity contribution is 6.36. The molecule has 0 aromatic heterocycles. The lowest BCUT2D eigenvalue weighted by Gasteiger charge is -2.35. The van der Waals surface area contributed by atoms with Gasteiger partial charge in [0.1, 0.15) is 6.61 Å². The Balaban J connectivity index is 2.50. The quantitative estimate of drug-likeness (QED) is 0.599. The molecule has 6 nitrogen and oxygen atoms in total. The van der Waals surface area contributed by atoms with Gasteiger partial charge in [-0.05, 0) is 26.0 Å². The fraction of sp³-hybridized carbons (Fsp3) is 0.412. The summed E-state index contributed by atoms with van der Waals surface area (Å²) >= 11 is 12.6. The van der Waals surface area contributed by atoms with E-state index in [1.165, 1.54) is 12.0 Å². The summed E-state index contributed by atoms with van der Waals surface area (Å²) in [4.78, 5) is 26.5. The lowest BCUT2D eigenvalue weighted by Crippen LogP contribution is -2.48. The second-order valence-corrected chi connectivity index (χ2v) is 6.20. The van der Waals surface area contributed by atoms with E-state index >= 15 is 0 Å². The summed E-state index contributed by atoms with van der Waals surface area (Å²) < 4.78 is 10.2. The van der Waals surface area contributed by atoms with Gasteiger partial charge in [0.05, 0.1) is 18.2 Å². The Kier molecular flexibility index (Phi) is 6.70. The molecule has 0 aliphatic carbocycles. The van der Waals surface area contributed by atoms with Crippen molar-refractivity contribution in [2.75, 3.05) is 26.9 Å². The molecular weight excluding hydrogens is 367 g/mol. The first kappa shape index (κ1) is 19.6. The second kappa shape index (κ2) is 8.56. The molecule has 0 unspecified atom stereocenters. The van der Waals surface area contributed by atoms with Crippen LogP contribution in [0, 0.1) is 0 Å². The predicted octanol–water partition coefficient (Wildman–Crippen LogP) is 3.54. The average Bonchev–Trinajstić information content (AvgIpc) is 2.55. The van der Waals surface area contributed by atoms with Gasteiger partial charge in [0.2, 0.25) is 0 Å². The number of benzene rings is 1. The van der Waals surface area contributed by atoms with Crippen LogP contribution in [-0.4, -0.2) is 43.8 Å². The molecule has 0 bridgehead atoms. The topological polar surface area (TPSA) is 67.9 Å². The van der Waals surface area contributed by atoms with Gasteiger partial charge in [0.15, 0.2) is 0 Å². The van der Waals surface area contributed by atoms with Gasteiger partial charge in [0.25, 0.3) is 0 Å². The fourth-order valence-corrected chi connectivity index (χ4v) is 3.34. The molecule has 1 N–H and O–H groups in total. The number of carbonyl (C=O) groups excluding carboxylic acids is 2. The van der Waals surface area contributed by atoms with Crippen molar-refractivity contribution >= 4 is 35.2 Å². The van der Waals surface area contributed by atoms with Crippen molar-refractivity contribution < 1.29 is 19.1 Å². The molecule has 1 aromatic carbocycles. The summed E-state index contributed by atoms with van der Waals surface area (Å²) in [5, 5.41) is 3.51. The zero-order chi connectivity index (χ0) is 18.6. The van der Waals surface area contributed by atoms with Gasteiger partial charge in [-0.3, -0.25) is 4.90 Å². The Morgan fingerprint density at radius 2 is 1.92 bits per heavy atom. The summed E-state index contributed by atoms with van der Waals surface area (Å²) in [5.74, 6) is -0.547. The number of nitrogens with one attached hydrogen (secondary N) is 1. The molecule has 0 spiro atoms. The summed E-state index contributed by atoms with van der Waals surface area (Å²) in [6, 6.07) is 3.90. The number of amides is 2. The van der Waals surface area contributed by atoms with Crippen molar-refractivity contribution in [2.24, 2.45) is 0 Å². The van der Waals surface area contributed by atoms with Gasteiger partial charge in [-0.2, -0.15) is 0 Å². The van der Waals surface area contributed by atoms with Crippen LogP contribution in [0.25, 0.3) is 0 Å². The van der Waals surface area contributed by atoms with Crippen LogP contribution in [0.4, 0.5) is 4.79 Å². The average molecular weight is 387 g/mol. The number of methoxy groups -OCH3 is 1. The molecule has 2 rings (SSSR count). The molecule has 1 aliphatic rings. The van der Waals surface area contributed by atoms with Crippen LogP contribution in [-0.2, 0) is 14.3 Å². The maximum Gasteiger partial charge on any atom is 0.338 e. The molecule has 8 heteroatoms. The SMILES string of the molecule is CCN1C(=O)N[C@@H](c2c(Cl)cccc2Cl)C(C(=O)OCCOC)=C1C. The maximum atomic E-state index is 12.7. The molecule has 2 amide bonds. The molecule has 0 saturated carbocycles. The van der Waals surface area contributed by atoms with E-state index in [1.54, 1.807) is 25.1 Å². The van der Waals surface area contributed by atoms with Gasteiger partial charge in [-0.15, -0.1) is 0 Å². The van der Waals surface area contributed by atoms with Crippen LogP contribution in [0.2, 0.25) is 10.0 Å². The number of allylic oxidation sites excluding steroid dienone is 1. The summed E-state index contributed by atoms with van der Waals surface area (Å²) in [6.07, 6.45) is 0. The van der Waals surface area contributed by atoms with Crippen LogP contribution in [0.3, 0.4) is 0 Å². The van der Waals surface area contributed by atoms with Crippen molar-refractivity contribution in [3.63, 3.8) is 0 Å². The lowest BCUT2D eigenvalue weighted by atomic mass is 9.94. The monoisotopic (exact) mass is 386 g/mol. The Bertz CT molecular complexity index is 686. The fourth-order valence-electron chi connectivity index (χ4n) is 2.72. The van der Waals surface area contributed by atoms with Gasteiger partial charge < -0.3 is 14.8 Å². The summed E-state index contributed by atoms with van der Waals surface area (Å²) in [5.41, 5.74) is 1.27. The predicted molar refractivity (Wildman–Crippen MR) is 95.6 cm³/mol. The van der Waals surface area contributed by atoms with Crippen molar-refractivity contribution in [2.45, 2.75) is 19.9 Å². The molecule has 25 heavy (non-hydrogen) atoms. The summed E-state index contributed by atoms with van der Waals surface area (Å²) in [7, 11) is 1.52. The number of ether oxygens (including phenoxy) is 2. The molecule has 1 atom stereocenters. The third kappa shape index (κ3) is 4.08. The van der Waals surface area contributed by atoms with E-state index in [2.05, 4.69) is 5.32 Å². The Morgan fingerprint density at radius 1 is 1.28 bits per heavy atom. The maximum absolute atomic E-state index is 12.7. The van der Waals surface area contributed by atoms with Crippen molar-refractivity contribution in [3.8, 4) is 0 Å². The normalized spacial score (nSPS) is 17.6. The zero-order valence-corrected chi connectivity index (χ0v) is 15.8. The highest BCUT2D eigenvalue weighted by Crippen LogP contribution is 2.38. The van der Waals surface area contributed by atoms with Crippen molar-refractivity contribution in [1.82, 2.24) is 10.2 Å². The number of carbonyl (C=O) groups is 2. The number of halogens is 2. The first-order valence-electron chi connectivity index (χ1n) is 7.81. The number of hydrogen-bond acceptors (Lipinski definition) is 4.